The van der Waals surface area contributed by atoms with Gasteiger partial charge in [-0.05, 0) is 0 Å². The quantitative estimate of drug-likeness (QED) is 0.771. The number of oxazole rings is 1. The Morgan fingerprint density at radius 2 is 1.48 bits per heavy atom. The predicted octanol–water partition coefficient (Wildman–Crippen LogP) is 3.03. The van der Waals surface area contributed by atoms with Crippen molar-refractivity contribution in [3.63, 3.8) is 0 Å². The molecule has 106 valence electrons. The molecule has 4 nitrogen and oxygen atoms in total. The van der Waals surface area contributed by atoms with Crippen LogP contribution in [0.3, 0.4) is 0 Å². The number of nitrogens with zero attached hydrogens (tertiary/aromatic N) is 1. The third-order valence-corrected chi connectivity index (χ3v) is 3.18. The molecule has 3 aromatic rings. The van der Waals surface area contributed by atoms with Gasteiger partial charge in [0.1, 0.15) is 5.69 Å². The molecule has 0 aliphatic carbocycles. The molecular formula is C17H15NO3. The Morgan fingerprint density at radius 3 is 2.05 bits per heavy atom. The minimum absolute atomic E-state index is 0.121. The zero-order valence-corrected chi connectivity index (χ0v) is 11.3. The van der Waals surface area contributed by atoms with E-state index in [-0.39, 0.29) is 5.89 Å². The molecule has 1 atom stereocenters. The summed E-state index contributed by atoms with van der Waals surface area (Å²) in [7, 11) is 0. The van der Waals surface area contributed by atoms with Gasteiger partial charge in [0, 0.05) is 11.1 Å². The fourth-order valence-electron chi connectivity index (χ4n) is 2.13. The second-order valence-electron chi connectivity index (χ2n) is 4.66. The van der Waals surface area contributed by atoms with Gasteiger partial charge in [-0.3, -0.25) is 0 Å². The van der Waals surface area contributed by atoms with E-state index in [1.807, 2.05) is 60.7 Å². The molecule has 4 heteroatoms. The Labute approximate surface area is 122 Å². The Hall–Kier alpha value is -2.43. The SMILES string of the molecule is OCC(O)c1nc(-c2ccccc2)c(-c2ccccc2)o1. The van der Waals surface area contributed by atoms with Crippen molar-refractivity contribution >= 4 is 0 Å². The van der Waals surface area contributed by atoms with E-state index in [4.69, 9.17) is 9.52 Å². The zero-order valence-electron chi connectivity index (χ0n) is 11.3. The predicted molar refractivity (Wildman–Crippen MR) is 79.4 cm³/mol. The minimum Gasteiger partial charge on any atom is -0.437 e. The van der Waals surface area contributed by atoms with Gasteiger partial charge in [-0.2, -0.15) is 0 Å². The van der Waals surface area contributed by atoms with Crippen molar-refractivity contribution in [3.8, 4) is 22.6 Å². The van der Waals surface area contributed by atoms with Gasteiger partial charge in [0.25, 0.3) is 0 Å². The number of benzene rings is 2. The smallest absolute Gasteiger partial charge is 0.226 e. The highest BCUT2D eigenvalue weighted by Gasteiger charge is 2.20. The van der Waals surface area contributed by atoms with Crippen LogP contribution in [-0.2, 0) is 0 Å². The number of aliphatic hydroxyl groups excluding tert-OH is 2. The summed E-state index contributed by atoms with van der Waals surface area (Å²) in [6, 6.07) is 19.2. The molecule has 1 unspecified atom stereocenters. The summed E-state index contributed by atoms with van der Waals surface area (Å²) in [5, 5.41) is 18.8. The molecule has 3 rings (SSSR count). The van der Waals surface area contributed by atoms with Crippen LogP contribution >= 0.6 is 0 Å². The maximum atomic E-state index is 9.75. The summed E-state index contributed by atoms with van der Waals surface area (Å²) in [4.78, 5) is 4.35. The monoisotopic (exact) mass is 281 g/mol. The summed E-state index contributed by atoms with van der Waals surface area (Å²) in [6.45, 7) is -0.428. The van der Waals surface area contributed by atoms with Gasteiger partial charge in [0.15, 0.2) is 11.9 Å². The Bertz CT molecular complexity index is 650. The second kappa shape index (κ2) is 5.91. The second-order valence-corrected chi connectivity index (χ2v) is 4.66. The number of hydrogen-bond acceptors (Lipinski definition) is 4. The van der Waals surface area contributed by atoms with Crippen LogP contribution in [0.15, 0.2) is 65.1 Å². The van der Waals surface area contributed by atoms with Gasteiger partial charge in [0.2, 0.25) is 5.89 Å². The highest BCUT2D eigenvalue weighted by molar-refractivity contribution is 5.76. The Morgan fingerprint density at radius 1 is 0.905 bits per heavy atom. The summed E-state index contributed by atoms with van der Waals surface area (Å²) in [5.41, 5.74) is 2.43. The van der Waals surface area contributed by atoms with E-state index in [1.165, 1.54) is 0 Å². The number of rotatable bonds is 4. The lowest BCUT2D eigenvalue weighted by Gasteiger charge is -2.01. The highest BCUT2D eigenvalue weighted by atomic mass is 16.4. The van der Waals surface area contributed by atoms with Crippen LogP contribution in [0.4, 0.5) is 0 Å². The van der Waals surface area contributed by atoms with Gasteiger partial charge in [0.05, 0.1) is 6.61 Å². The highest BCUT2D eigenvalue weighted by Crippen LogP contribution is 2.33. The summed E-state index contributed by atoms with van der Waals surface area (Å²) in [5.74, 6) is 0.708. The van der Waals surface area contributed by atoms with Crippen LogP contribution in [0.5, 0.6) is 0 Å². The molecular weight excluding hydrogens is 266 g/mol. The molecule has 0 aliphatic heterocycles. The van der Waals surface area contributed by atoms with Crippen molar-refractivity contribution < 1.29 is 14.6 Å². The van der Waals surface area contributed by atoms with Gasteiger partial charge in [-0.25, -0.2) is 4.98 Å². The van der Waals surface area contributed by atoms with Crippen LogP contribution in [0.1, 0.15) is 12.0 Å². The van der Waals surface area contributed by atoms with E-state index in [0.29, 0.717) is 11.5 Å². The molecule has 0 fully saturated rings. The summed E-state index contributed by atoms with van der Waals surface area (Å²) < 4.78 is 5.69. The van der Waals surface area contributed by atoms with Gasteiger partial charge in [-0.15, -0.1) is 0 Å². The number of aromatic nitrogens is 1. The minimum atomic E-state index is -1.12. The average molecular weight is 281 g/mol. The van der Waals surface area contributed by atoms with Crippen LogP contribution in [0.2, 0.25) is 0 Å². The maximum absolute atomic E-state index is 9.75. The van der Waals surface area contributed by atoms with E-state index in [1.54, 1.807) is 0 Å². The topological polar surface area (TPSA) is 66.5 Å². The molecule has 0 aliphatic rings. The Kier molecular flexibility index (Phi) is 3.81. The summed E-state index contributed by atoms with van der Waals surface area (Å²) >= 11 is 0. The van der Waals surface area contributed by atoms with E-state index in [0.717, 1.165) is 11.1 Å². The first-order valence-corrected chi connectivity index (χ1v) is 6.70. The first-order chi connectivity index (χ1) is 10.3. The van der Waals surface area contributed by atoms with Gasteiger partial charge < -0.3 is 14.6 Å². The molecule has 0 bridgehead atoms. The first kappa shape index (κ1) is 13.5. The molecule has 0 saturated carbocycles. The van der Waals surface area contributed by atoms with E-state index in [2.05, 4.69) is 4.98 Å². The van der Waals surface area contributed by atoms with Crippen LogP contribution in [0.25, 0.3) is 22.6 Å². The van der Waals surface area contributed by atoms with E-state index >= 15 is 0 Å². The van der Waals surface area contributed by atoms with Crippen LogP contribution in [0, 0.1) is 0 Å². The molecule has 1 aromatic heterocycles. The standard InChI is InChI=1S/C17H15NO3/c19-11-14(20)17-18-15(12-7-3-1-4-8-12)16(21-17)13-9-5-2-6-10-13/h1-10,14,19-20H,11H2. The van der Waals surface area contributed by atoms with Gasteiger partial charge in [-0.1, -0.05) is 60.7 Å². The Balaban J connectivity index is 2.15. The normalized spacial score (nSPS) is 12.3. The average Bonchev–Trinajstić information content (AvgIpc) is 3.01. The van der Waals surface area contributed by atoms with E-state index < -0.39 is 12.7 Å². The van der Waals surface area contributed by atoms with Crippen molar-refractivity contribution in [2.75, 3.05) is 6.61 Å². The lowest BCUT2D eigenvalue weighted by molar-refractivity contribution is 0.0737. The largest absolute Gasteiger partial charge is 0.437 e. The maximum Gasteiger partial charge on any atom is 0.226 e. The lowest BCUT2D eigenvalue weighted by atomic mass is 10.1. The molecule has 2 aromatic carbocycles. The molecule has 0 amide bonds. The van der Waals surface area contributed by atoms with Crippen molar-refractivity contribution in [3.05, 3.63) is 66.6 Å². The molecule has 21 heavy (non-hydrogen) atoms. The third-order valence-electron chi connectivity index (χ3n) is 3.18. The van der Waals surface area contributed by atoms with Crippen molar-refractivity contribution in [2.24, 2.45) is 0 Å². The van der Waals surface area contributed by atoms with Gasteiger partial charge >= 0.3 is 0 Å². The number of aliphatic hydroxyl groups is 2. The lowest BCUT2D eigenvalue weighted by Crippen LogP contribution is -2.02. The van der Waals surface area contributed by atoms with Crippen molar-refractivity contribution in [1.82, 2.24) is 4.98 Å². The first-order valence-electron chi connectivity index (χ1n) is 6.70. The molecule has 1 heterocycles. The molecule has 0 radical (unpaired) electrons. The summed E-state index contributed by atoms with van der Waals surface area (Å²) in [6.07, 6.45) is -1.12. The molecule has 0 spiro atoms. The van der Waals surface area contributed by atoms with Crippen LogP contribution < -0.4 is 0 Å². The fourth-order valence-corrected chi connectivity index (χ4v) is 2.13. The zero-order chi connectivity index (χ0) is 14.7. The van der Waals surface area contributed by atoms with Crippen LogP contribution in [-0.4, -0.2) is 21.8 Å². The van der Waals surface area contributed by atoms with Crippen molar-refractivity contribution in [1.29, 1.82) is 0 Å². The van der Waals surface area contributed by atoms with E-state index in [9.17, 15) is 5.11 Å². The number of hydrogen-bond donors (Lipinski definition) is 2. The molecule has 2 N–H and O–H groups in total. The van der Waals surface area contributed by atoms with Crippen molar-refractivity contribution in [2.45, 2.75) is 6.10 Å². The molecule has 0 saturated heterocycles. The fraction of sp³-hybridized carbons (Fsp3) is 0.118. The third kappa shape index (κ3) is 2.72.